The van der Waals surface area contributed by atoms with Gasteiger partial charge in [-0.1, -0.05) is 81.4 Å². The van der Waals surface area contributed by atoms with Gasteiger partial charge >= 0.3 is 5.97 Å². The smallest absolute Gasteiger partial charge is 0.325 e. The first-order chi connectivity index (χ1) is 17.4. The van der Waals surface area contributed by atoms with Gasteiger partial charge in [0.25, 0.3) is 0 Å². The highest BCUT2D eigenvalue weighted by Crippen LogP contribution is 2.61. The zero-order valence-corrected chi connectivity index (χ0v) is 23.3. The summed E-state index contributed by atoms with van der Waals surface area (Å²) in [4.78, 5) is 15.4. The van der Waals surface area contributed by atoms with E-state index in [1.165, 1.54) is 24.3 Å². The van der Waals surface area contributed by atoms with Gasteiger partial charge in [0.15, 0.2) is 5.72 Å². The van der Waals surface area contributed by atoms with E-state index in [1.807, 2.05) is 4.90 Å². The van der Waals surface area contributed by atoms with Crippen LogP contribution in [0.25, 0.3) is 0 Å². The summed E-state index contributed by atoms with van der Waals surface area (Å²) in [6, 6.07) is 9.47. The van der Waals surface area contributed by atoms with Gasteiger partial charge < -0.3 is 4.74 Å². The second-order valence-corrected chi connectivity index (χ2v) is 11.6. The van der Waals surface area contributed by atoms with Crippen molar-refractivity contribution in [1.29, 1.82) is 5.26 Å². The molecule has 37 heavy (non-hydrogen) atoms. The second kappa shape index (κ2) is 9.84. The molecule has 4 nitrogen and oxygen atoms in total. The van der Waals surface area contributed by atoms with Crippen molar-refractivity contribution in [3.8, 4) is 6.07 Å². The summed E-state index contributed by atoms with van der Waals surface area (Å²) >= 11 is 12.3. The predicted octanol–water partition coefficient (Wildman–Crippen LogP) is 7.77. The van der Waals surface area contributed by atoms with Crippen molar-refractivity contribution >= 4 is 29.2 Å². The molecule has 0 amide bonds. The minimum absolute atomic E-state index is 0.0870. The monoisotopic (exact) mass is 548 g/mol. The van der Waals surface area contributed by atoms with Crippen molar-refractivity contribution in [3.05, 3.63) is 69.2 Å². The van der Waals surface area contributed by atoms with E-state index in [4.69, 9.17) is 27.9 Å². The number of halogens is 4. The molecule has 2 aliphatic heterocycles. The van der Waals surface area contributed by atoms with Gasteiger partial charge in [-0.25, -0.2) is 13.7 Å². The molecule has 2 aromatic carbocycles. The van der Waals surface area contributed by atoms with E-state index in [9.17, 15) is 10.1 Å². The van der Waals surface area contributed by atoms with Crippen molar-refractivity contribution in [3.63, 3.8) is 0 Å². The topological polar surface area (TPSA) is 53.3 Å². The Morgan fingerprint density at radius 3 is 2.32 bits per heavy atom. The van der Waals surface area contributed by atoms with Gasteiger partial charge in [-0.05, 0) is 49.4 Å². The maximum atomic E-state index is 15.8. The van der Waals surface area contributed by atoms with Crippen LogP contribution < -0.4 is 0 Å². The molecule has 0 radical (unpaired) electrons. The minimum Gasteiger partial charge on any atom is -0.443 e. The van der Waals surface area contributed by atoms with Crippen LogP contribution in [0.3, 0.4) is 0 Å². The summed E-state index contributed by atoms with van der Waals surface area (Å²) in [6.45, 7) is 9.82. The normalized spacial score (nSPS) is 27.1. The first-order valence-corrected chi connectivity index (χ1v) is 13.5. The molecule has 198 valence electrons. The maximum absolute atomic E-state index is 15.8. The summed E-state index contributed by atoms with van der Waals surface area (Å²) in [6.07, 6.45) is 2.96. The van der Waals surface area contributed by atoms with Gasteiger partial charge in [-0.3, -0.25) is 4.79 Å². The van der Waals surface area contributed by atoms with Crippen LogP contribution in [0.2, 0.25) is 10.0 Å². The molecule has 8 heteroatoms. The number of carbonyl (C=O) groups excluding carboxylic acids is 1. The Morgan fingerprint density at radius 2 is 1.76 bits per heavy atom. The lowest BCUT2D eigenvalue weighted by atomic mass is 9.61. The Balaban J connectivity index is 2.12. The quantitative estimate of drug-likeness (QED) is 0.331. The van der Waals surface area contributed by atoms with Crippen LogP contribution >= 0.6 is 23.2 Å². The second-order valence-electron chi connectivity index (χ2n) is 10.7. The number of hydrogen-bond donors (Lipinski definition) is 0. The van der Waals surface area contributed by atoms with Crippen LogP contribution in [0.15, 0.2) is 36.4 Å². The fourth-order valence-electron chi connectivity index (χ4n) is 6.75. The lowest BCUT2D eigenvalue weighted by Gasteiger charge is -2.44. The van der Waals surface area contributed by atoms with Gasteiger partial charge in [0, 0.05) is 22.5 Å². The van der Waals surface area contributed by atoms with Crippen LogP contribution in [0.5, 0.6) is 0 Å². The number of rotatable bonds is 7. The number of hydrogen-bond acceptors (Lipinski definition) is 4. The van der Waals surface area contributed by atoms with Gasteiger partial charge in [0.05, 0.1) is 11.1 Å². The van der Waals surface area contributed by atoms with Crippen LogP contribution in [0.4, 0.5) is 8.78 Å². The highest BCUT2D eigenvalue weighted by atomic mass is 35.5. The van der Waals surface area contributed by atoms with E-state index in [2.05, 4.69) is 26.8 Å². The summed E-state index contributed by atoms with van der Waals surface area (Å²) < 4.78 is 37.4. The largest absolute Gasteiger partial charge is 0.443 e. The molecule has 0 saturated carbocycles. The van der Waals surface area contributed by atoms with Crippen LogP contribution in [0, 0.1) is 28.4 Å². The highest BCUT2D eigenvalue weighted by molar-refractivity contribution is 6.31. The third kappa shape index (κ3) is 4.15. The average molecular weight is 549 g/mol. The Bertz CT molecular complexity index is 1250. The van der Waals surface area contributed by atoms with E-state index < -0.39 is 46.7 Å². The molecule has 2 saturated heterocycles. The van der Waals surface area contributed by atoms with Crippen molar-refractivity contribution in [2.45, 2.75) is 89.4 Å². The van der Waals surface area contributed by atoms with Crippen LogP contribution in [-0.2, 0) is 14.9 Å². The summed E-state index contributed by atoms with van der Waals surface area (Å²) in [5.74, 6) is -3.04. The van der Waals surface area contributed by atoms with Crippen molar-refractivity contribution < 1.29 is 18.3 Å². The number of benzene rings is 2. The number of ether oxygens (including phenoxy) is 1. The fraction of sp³-hybridized carbons (Fsp3) is 0.517. The molecule has 0 aliphatic carbocycles. The molecular weight excluding hydrogens is 517 g/mol. The minimum atomic E-state index is -1.63. The Labute approximate surface area is 227 Å². The average Bonchev–Trinajstić information content (AvgIpc) is 3.28. The Kier molecular flexibility index (Phi) is 7.40. The molecule has 0 N–H and O–H groups in total. The fourth-order valence-corrected chi connectivity index (χ4v) is 7.09. The molecule has 2 aliphatic rings. The van der Waals surface area contributed by atoms with Gasteiger partial charge in [0.1, 0.15) is 23.1 Å². The number of nitriles is 1. The third-order valence-corrected chi connectivity index (χ3v) is 9.46. The van der Waals surface area contributed by atoms with Gasteiger partial charge in [-0.2, -0.15) is 5.26 Å². The Hall–Kier alpha value is -2.20. The SMILES string of the molecule is CCC(CC)(CC)C[C@@H]1N2[C@@H](C(=O)OC2(C)C)[C@H](c2cccc(Cl)c2F)[C@@]1(C#N)c1ccc(Cl)cc1F. The molecule has 0 aromatic heterocycles. The van der Waals surface area contributed by atoms with E-state index in [1.54, 1.807) is 19.9 Å². The van der Waals surface area contributed by atoms with E-state index >= 15 is 8.78 Å². The number of esters is 1. The standard InChI is InChI=1S/C29H32Cl2F2N2O2/c1-6-28(7-2,8-3)15-22-29(16-34,19-13-12-17(30)14-21(19)32)23(18-10-9-11-20(31)24(18)33)25-26(36)37-27(4,5)35(22)25/h9-14,22-23,25H,6-8,15H2,1-5H3/t22-,23-,25+,29-/m0/s1. The summed E-state index contributed by atoms with van der Waals surface area (Å²) in [5, 5.41) is 11.1. The molecule has 2 fully saturated rings. The zero-order valence-electron chi connectivity index (χ0n) is 21.7. The van der Waals surface area contributed by atoms with E-state index in [0.29, 0.717) is 6.42 Å². The number of cyclic esters (lactones) is 1. The lowest BCUT2D eigenvalue weighted by molar-refractivity contribution is -0.152. The van der Waals surface area contributed by atoms with Crippen molar-refractivity contribution in [2.24, 2.45) is 5.41 Å². The highest BCUT2D eigenvalue weighted by Gasteiger charge is 2.71. The molecule has 4 atom stereocenters. The zero-order chi connectivity index (χ0) is 27.3. The first kappa shape index (κ1) is 27.8. The first-order valence-electron chi connectivity index (χ1n) is 12.7. The molecule has 2 heterocycles. The number of nitrogens with zero attached hydrogens (tertiary/aromatic N) is 2. The third-order valence-electron chi connectivity index (χ3n) is 8.94. The molecule has 0 unspecified atom stereocenters. The number of carbonyl (C=O) groups is 1. The number of fused-ring (bicyclic) bond motifs is 1. The van der Waals surface area contributed by atoms with Crippen molar-refractivity contribution in [1.82, 2.24) is 4.90 Å². The molecule has 4 rings (SSSR count). The van der Waals surface area contributed by atoms with E-state index in [-0.39, 0.29) is 26.6 Å². The Morgan fingerprint density at radius 1 is 1.11 bits per heavy atom. The predicted molar refractivity (Wildman–Crippen MR) is 140 cm³/mol. The molecular formula is C29H32Cl2F2N2O2. The maximum Gasteiger partial charge on any atom is 0.325 e. The molecule has 0 spiro atoms. The summed E-state index contributed by atoms with van der Waals surface area (Å²) in [7, 11) is 0. The molecule has 2 aromatic rings. The lowest BCUT2D eigenvalue weighted by Crippen LogP contribution is -2.53. The van der Waals surface area contributed by atoms with Crippen LogP contribution in [0.1, 0.15) is 77.3 Å². The van der Waals surface area contributed by atoms with Gasteiger partial charge in [-0.15, -0.1) is 0 Å². The summed E-state index contributed by atoms with van der Waals surface area (Å²) in [5.41, 5.74) is -2.74. The van der Waals surface area contributed by atoms with Crippen molar-refractivity contribution in [2.75, 3.05) is 0 Å². The molecule has 0 bridgehead atoms. The van der Waals surface area contributed by atoms with Gasteiger partial charge in [0.2, 0.25) is 0 Å². The van der Waals surface area contributed by atoms with E-state index in [0.717, 1.165) is 25.3 Å². The van der Waals surface area contributed by atoms with Crippen LogP contribution in [-0.4, -0.2) is 28.7 Å².